The Labute approximate surface area is 133 Å². The average molecular weight is 373 g/mol. The summed E-state index contributed by atoms with van der Waals surface area (Å²) >= 11 is 9.20. The highest BCUT2D eigenvalue weighted by atomic mass is 79.9. The first-order chi connectivity index (χ1) is 9.88. The molecule has 0 bridgehead atoms. The van der Waals surface area contributed by atoms with Gasteiger partial charge in [0.05, 0.1) is 16.8 Å². The predicted molar refractivity (Wildman–Crippen MR) is 80.2 cm³/mol. The molecule has 2 aromatic rings. The number of nitrogens with zero attached hydrogens (tertiary/aromatic N) is 2. The first-order valence-corrected chi connectivity index (χ1v) is 7.03. The Hall–Kier alpha value is -1.86. The predicted octanol–water partition coefficient (Wildman–Crippen LogP) is 2.39. The highest BCUT2D eigenvalue weighted by molar-refractivity contribution is 9.10. The van der Waals surface area contributed by atoms with Crippen molar-refractivity contribution in [1.82, 2.24) is 15.1 Å². The van der Waals surface area contributed by atoms with Gasteiger partial charge in [-0.3, -0.25) is 9.48 Å². The van der Waals surface area contributed by atoms with Gasteiger partial charge in [-0.15, -0.1) is 0 Å². The molecule has 0 radical (unpaired) electrons. The molecule has 0 saturated heterocycles. The number of nitrogens with one attached hydrogen (secondary N) is 1. The van der Waals surface area contributed by atoms with Crippen LogP contribution in [-0.2, 0) is 11.8 Å². The van der Waals surface area contributed by atoms with Crippen LogP contribution in [0, 0.1) is 0 Å². The summed E-state index contributed by atoms with van der Waals surface area (Å²) in [6.45, 7) is 0. The molecule has 0 aliphatic rings. The highest BCUT2D eigenvalue weighted by Crippen LogP contribution is 2.22. The van der Waals surface area contributed by atoms with Crippen LogP contribution in [0.4, 0.5) is 0 Å². The van der Waals surface area contributed by atoms with Gasteiger partial charge in [-0.2, -0.15) is 5.10 Å². The van der Waals surface area contributed by atoms with Crippen molar-refractivity contribution in [2.75, 3.05) is 0 Å². The van der Waals surface area contributed by atoms with Crippen molar-refractivity contribution in [2.24, 2.45) is 7.05 Å². The lowest BCUT2D eigenvalue weighted by molar-refractivity contribution is -0.139. The van der Waals surface area contributed by atoms with Crippen LogP contribution in [0.3, 0.4) is 0 Å². The normalized spacial score (nSPS) is 12.0. The molecule has 1 heterocycles. The summed E-state index contributed by atoms with van der Waals surface area (Å²) in [5.41, 5.74) is 0.575. The fourth-order valence-corrected chi connectivity index (χ4v) is 2.32. The summed E-state index contributed by atoms with van der Waals surface area (Å²) < 4.78 is 2.13. The van der Waals surface area contributed by atoms with Crippen molar-refractivity contribution >= 4 is 39.4 Å². The number of rotatable bonds is 4. The molecule has 2 N–H and O–H groups in total. The number of carbonyl (C=O) groups excluding carboxylic acids is 1. The Kier molecular flexibility index (Phi) is 4.64. The maximum atomic E-state index is 12.2. The van der Waals surface area contributed by atoms with Gasteiger partial charge in [0.1, 0.15) is 0 Å². The fraction of sp³-hybridized carbons (Fsp3) is 0.154. The molecule has 0 saturated carbocycles. The topological polar surface area (TPSA) is 84.2 Å². The van der Waals surface area contributed by atoms with Crippen LogP contribution < -0.4 is 5.32 Å². The van der Waals surface area contributed by atoms with Crippen molar-refractivity contribution in [3.05, 3.63) is 51.2 Å². The molecule has 2 rings (SSSR count). The zero-order valence-corrected chi connectivity index (χ0v) is 13.2. The van der Waals surface area contributed by atoms with Crippen molar-refractivity contribution in [3.63, 3.8) is 0 Å². The number of carboxylic acids is 1. The van der Waals surface area contributed by atoms with Gasteiger partial charge >= 0.3 is 5.97 Å². The van der Waals surface area contributed by atoms with Crippen LogP contribution in [0.5, 0.6) is 0 Å². The van der Waals surface area contributed by atoms with E-state index in [9.17, 15) is 14.7 Å². The van der Waals surface area contributed by atoms with Gasteiger partial charge in [0, 0.05) is 23.3 Å². The molecule has 1 amide bonds. The number of aryl methyl sites for hydroxylation is 1. The van der Waals surface area contributed by atoms with Crippen LogP contribution in [0.1, 0.15) is 22.0 Å². The summed E-state index contributed by atoms with van der Waals surface area (Å²) in [5, 5.41) is 15.8. The highest BCUT2D eigenvalue weighted by Gasteiger charge is 2.25. The number of aliphatic carboxylic acids is 1. The lowest BCUT2D eigenvalue weighted by atomic mass is 10.1. The third-order valence-corrected chi connectivity index (χ3v) is 3.58. The van der Waals surface area contributed by atoms with E-state index in [0.717, 1.165) is 0 Å². The number of amides is 1. The van der Waals surface area contributed by atoms with Gasteiger partial charge < -0.3 is 10.4 Å². The van der Waals surface area contributed by atoms with Crippen LogP contribution in [0.25, 0.3) is 0 Å². The van der Waals surface area contributed by atoms with E-state index in [2.05, 4.69) is 26.3 Å². The second-order valence-electron chi connectivity index (χ2n) is 4.32. The van der Waals surface area contributed by atoms with Gasteiger partial charge in [-0.25, -0.2) is 4.79 Å². The first-order valence-electron chi connectivity index (χ1n) is 5.85. The SMILES string of the molecule is Cn1cc(C(NC(=O)c2cc(Br)ccc2Cl)C(=O)O)cn1. The average Bonchev–Trinajstić information content (AvgIpc) is 2.84. The molecule has 0 spiro atoms. The largest absolute Gasteiger partial charge is 0.479 e. The quantitative estimate of drug-likeness (QED) is 0.863. The van der Waals surface area contributed by atoms with Crippen molar-refractivity contribution in [2.45, 2.75) is 6.04 Å². The van der Waals surface area contributed by atoms with E-state index in [1.54, 1.807) is 19.2 Å². The van der Waals surface area contributed by atoms with Crippen LogP contribution in [0.15, 0.2) is 35.1 Å². The van der Waals surface area contributed by atoms with Gasteiger partial charge in [0.25, 0.3) is 5.91 Å². The minimum atomic E-state index is -1.19. The second-order valence-corrected chi connectivity index (χ2v) is 5.64. The van der Waals surface area contributed by atoms with E-state index in [1.165, 1.54) is 23.1 Å². The number of hydrogen-bond acceptors (Lipinski definition) is 3. The Morgan fingerprint density at radius 2 is 2.19 bits per heavy atom. The van der Waals surface area contributed by atoms with Crippen molar-refractivity contribution < 1.29 is 14.7 Å². The molecule has 110 valence electrons. The number of carbonyl (C=O) groups is 2. The van der Waals surface area contributed by atoms with Crippen LogP contribution in [-0.4, -0.2) is 26.8 Å². The third-order valence-electron chi connectivity index (χ3n) is 2.75. The number of benzene rings is 1. The molecule has 1 aromatic carbocycles. The molecular weight excluding hydrogens is 362 g/mol. The van der Waals surface area contributed by atoms with E-state index < -0.39 is 17.9 Å². The van der Waals surface area contributed by atoms with E-state index in [-0.39, 0.29) is 10.6 Å². The smallest absolute Gasteiger partial charge is 0.331 e. The number of aromatic nitrogens is 2. The van der Waals surface area contributed by atoms with E-state index in [4.69, 9.17) is 11.6 Å². The molecule has 0 aliphatic heterocycles. The minimum Gasteiger partial charge on any atom is -0.479 e. The second kappa shape index (κ2) is 6.28. The Bertz CT molecular complexity index is 702. The molecule has 0 aliphatic carbocycles. The lowest BCUT2D eigenvalue weighted by Gasteiger charge is -2.13. The van der Waals surface area contributed by atoms with Crippen LogP contribution in [0.2, 0.25) is 5.02 Å². The molecule has 21 heavy (non-hydrogen) atoms. The standard InChI is InChI=1S/C13H11BrClN3O3/c1-18-6-7(5-16-18)11(13(20)21)17-12(19)9-4-8(14)2-3-10(9)15/h2-6,11H,1H3,(H,17,19)(H,20,21). The minimum absolute atomic E-state index is 0.196. The van der Waals surface area contributed by atoms with Crippen molar-refractivity contribution in [3.8, 4) is 0 Å². The van der Waals surface area contributed by atoms with E-state index in [1.807, 2.05) is 0 Å². The number of hydrogen-bond donors (Lipinski definition) is 2. The number of carboxylic acid groups (broad SMARTS) is 1. The number of halogens is 2. The van der Waals surface area contributed by atoms with Gasteiger partial charge in [0.2, 0.25) is 0 Å². The fourth-order valence-electron chi connectivity index (χ4n) is 1.76. The zero-order valence-electron chi connectivity index (χ0n) is 10.9. The van der Waals surface area contributed by atoms with E-state index >= 15 is 0 Å². The molecule has 8 heteroatoms. The summed E-state index contributed by atoms with van der Waals surface area (Å²) in [4.78, 5) is 23.5. The summed E-state index contributed by atoms with van der Waals surface area (Å²) in [6.07, 6.45) is 2.92. The van der Waals surface area contributed by atoms with Gasteiger partial charge in [0.15, 0.2) is 6.04 Å². The molecule has 1 unspecified atom stereocenters. The summed E-state index contributed by atoms with van der Waals surface area (Å²) in [6, 6.07) is 3.58. The van der Waals surface area contributed by atoms with Crippen molar-refractivity contribution in [1.29, 1.82) is 0 Å². The van der Waals surface area contributed by atoms with Crippen LogP contribution >= 0.6 is 27.5 Å². The summed E-state index contributed by atoms with van der Waals surface area (Å²) in [7, 11) is 1.66. The van der Waals surface area contributed by atoms with E-state index in [0.29, 0.717) is 10.0 Å². The van der Waals surface area contributed by atoms with Gasteiger partial charge in [-0.1, -0.05) is 27.5 Å². The molecule has 1 aromatic heterocycles. The lowest BCUT2D eigenvalue weighted by Crippen LogP contribution is -2.33. The first kappa shape index (κ1) is 15.5. The molecular formula is C13H11BrClN3O3. The monoisotopic (exact) mass is 371 g/mol. The molecule has 1 atom stereocenters. The maximum Gasteiger partial charge on any atom is 0.331 e. The third kappa shape index (κ3) is 3.62. The summed E-state index contributed by atoms with van der Waals surface area (Å²) in [5.74, 6) is -1.75. The Balaban J connectivity index is 2.27. The molecule has 0 fully saturated rings. The zero-order chi connectivity index (χ0) is 15.6. The maximum absolute atomic E-state index is 12.2. The molecule has 6 nitrogen and oxygen atoms in total. The van der Waals surface area contributed by atoms with Gasteiger partial charge in [-0.05, 0) is 18.2 Å². The Morgan fingerprint density at radius 1 is 1.48 bits per heavy atom. The Morgan fingerprint density at radius 3 is 2.76 bits per heavy atom.